The summed E-state index contributed by atoms with van der Waals surface area (Å²) in [5, 5.41) is 21.7. The minimum absolute atomic E-state index is 0.568. The van der Waals surface area contributed by atoms with Crippen LogP contribution in [0.15, 0.2) is 30.3 Å². The molecule has 9 heteroatoms. The van der Waals surface area contributed by atoms with E-state index in [1.54, 1.807) is 71.9 Å². The smallest absolute Gasteiger partial charge is 0.429 e. The molecule has 0 saturated carbocycles. The number of carbonyl (C=O) groups excluding carboxylic acids is 2. The summed E-state index contributed by atoms with van der Waals surface area (Å²) >= 11 is 5.85. The fourth-order valence-electron chi connectivity index (χ4n) is 2.23. The van der Waals surface area contributed by atoms with Crippen molar-refractivity contribution in [1.29, 1.82) is 0 Å². The van der Waals surface area contributed by atoms with Crippen LogP contribution >= 0.6 is 11.6 Å². The average molecular weight is 443 g/mol. The molecule has 0 radical (unpaired) electrons. The van der Waals surface area contributed by atoms with Crippen molar-refractivity contribution in [2.45, 2.75) is 64.9 Å². The van der Waals surface area contributed by atoms with Gasteiger partial charge in [0.2, 0.25) is 0 Å². The number of ether oxygens (including phenoxy) is 2. The van der Waals surface area contributed by atoms with Gasteiger partial charge in [-0.25, -0.2) is 20.0 Å². The molecule has 1 unspecified atom stereocenters. The first-order chi connectivity index (χ1) is 13.7. The lowest BCUT2D eigenvalue weighted by molar-refractivity contribution is -0.0343. The van der Waals surface area contributed by atoms with E-state index in [1.165, 1.54) is 6.08 Å². The second-order valence-corrected chi connectivity index (χ2v) is 9.05. The highest BCUT2D eigenvalue weighted by Crippen LogP contribution is 2.16. The summed E-state index contributed by atoms with van der Waals surface area (Å²) in [6.45, 7) is 9.30. The lowest BCUT2D eigenvalue weighted by Gasteiger charge is -2.34. The number of nitrogens with one attached hydrogen (secondary N) is 1. The number of hydrazine groups is 1. The van der Waals surface area contributed by atoms with Crippen molar-refractivity contribution in [3.8, 4) is 0 Å². The Labute approximate surface area is 182 Å². The summed E-state index contributed by atoms with van der Waals surface area (Å²) in [5.41, 5.74) is 1.33. The summed E-state index contributed by atoms with van der Waals surface area (Å²) in [7, 11) is 0. The Morgan fingerprint density at radius 2 is 1.63 bits per heavy atom. The minimum Gasteiger partial charge on any atom is -0.443 e. The van der Waals surface area contributed by atoms with Crippen molar-refractivity contribution < 1.29 is 29.3 Å². The Balaban J connectivity index is 3.07. The maximum atomic E-state index is 12.6. The molecule has 0 bridgehead atoms. The van der Waals surface area contributed by atoms with Gasteiger partial charge in [-0.05, 0) is 59.2 Å². The third-order valence-corrected chi connectivity index (χ3v) is 3.72. The van der Waals surface area contributed by atoms with E-state index in [0.717, 1.165) is 10.6 Å². The Morgan fingerprint density at radius 3 is 2.10 bits per heavy atom. The van der Waals surface area contributed by atoms with Crippen LogP contribution in [0.25, 0.3) is 6.08 Å². The van der Waals surface area contributed by atoms with E-state index in [4.69, 9.17) is 21.1 Å². The van der Waals surface area contributed by atoms with Gasteiger partial charge < -0.3 is 19.7 Å². The predicted octanol–water partition coefficient (Wildman–Crippen LogP) is 3.75. The van der Waals surface area contributed by atoms with Gasteiger partial charge in [-0.1, -0.05) is 35.9 Å². The molecule has 168 valence electrons. The molecule has 0 fully saturated rings. The molecule has 2 atom stereocenters. The zero-order valence-corrected chi connectivity index (χ0v) is 18.9. The molecule has 0 spiro atoms. The molecule has 0 aliphatic heterocycles. The highest BCUT2D eigenvalue weighted by Gasteiger charge is 2.34. The van der Waals surface area contributed by atoms with Crippen molar-refractivity contribution in [2.24, 2.45) is 0 Å². The van der Waals surface area contributed by atoms with Crippen LogP contribution in [0.4, 0.5) is 9.59 Å². The Hall–Kier alpha value is -2.29. The fraction of sp³-hybridized carbons (Fsp3) is 0.524. The van der Waals surface area contributed by atoms with Gasteiger partial charge in [-0.2, -0.15) is 0 Å². The number of amides is 2. The molecule has 0 aliphatic rings. The van der Waals surface area contributed by atoms with Crippen molar-refractivity contribution in [3.63, 3.8) is 0 Å². The van der Waals surface area contributed by atoms with Crippen molar-refractivity contribution in [3.05, 3.63) is 40.9 Å². The van der Waals surface area contributed by atoms with Gasteiger partial charge in [0.15, 0.2) is 0 Å². The normalized spacial score (nSPS) is 14.2. The molecule has 1 aromatic rings. The summed E-state index contributed by atoms with van der Waals surface area (Å²) in [5.74, 6) is 0. The van der Waals surface area contributed by atoms with Crippen LogP contribution in [0.3, 0.4) is 0 Å². The van der Waals surface area contributed by atoms with Crippen LogP contribution in [-0.2, 0) is 9.47 Å². The summed E-state index contributed by atoms with van der Waals surface area (Å²) in [4.78, 5) is 24.9. The van der Waals surface area contributed by atoms with Crippen LogP contribution in [-0.4, -0.2) is 57.4 Å². The second kappa shape index (κ2) is 10.7. The minimum atomic E-state index is -1.33. The molecule has 0 aliphatic carbocycles. The molecule has 1 rings (SSSR count). The number of hydrogen-bond donors (Lipinski definition) is 3. The molecular weight excluding hydrogens is 412 g/mol. The van der Waals surface area contributed by atoms with Gasteiger partial charge in [-0.15, -0.1) is 0 Å². The van der Waals surface area contributed by atoms with Gasteiger partial charge in [0.05, 0.1) is 12.7 Å². The standard InChI is InChI=1S/C21H31ClN2O6/c1-20(2,3)29-18(27)23-24(19(28)30-21(4,5)6)16(13-25)17(26)12-9-14-7-10-15(22)11-8-14/h7-12,16-17,25-26H,13H2,1-6H3,(H,23,27)/b12-9+/t16?,17-/m0/s1. The fourth-order valence-corrected chi connectivity index (χ4v) is 2.35. The quantitative estimate of drug-likeness (QED) is 0.599. The zero-order valence-electron chi connectivity index (χ0n) is 18.2. The highest BCUT2D eigenvalue weighted by molar-refractivity contribution is 6.30. The maximum absolute atomic E-state index is 12.6. The maximum Gasteiger partial charge on any atom is 0.429 e. The van der Waals surface area contributed by atoms with E-state index in [0.29, 0.717) is 5.02 Å². The molecule has 0 saturated heterocycles. The number of nitrogens with zero attached hydrogens (tertiary/aromatic N) is 1. The molecule has 30 heavy (non-hydrogen) atoms. The first-order valence-corrected chi connectivity index (χ1v) is 9.84. The highest BCUT2D eigenvalue weighted by atomic mass is 35.5. The lowest BCUT2D eigenvalue weighted by atomic mass is 10.1. The van der Waals surface area contributed by atoms with E-state index < -0.39 is 42.1 Å². The first-order valence-electron chi connectivity index (χ1n) is 9.46. The van der Waals surface area contributed by atoms with E-state index in [9.17, 15) is 19.8 Å². The number of carbonyl (C=O) groups is 2. The topological polar surface area (TPSA) is 108 Å². The van der Waals surface area contributed by atoms with E-state index in [1.807, 2.05) is 0 Å². The SMILES string of the molecule is CC(C)(C)OC(=O)NN(C(=O)OC(C)(C)C)C(CO)[C@@H](O)/C=C/c1ccc(Cl)cc1. The van der Waals surface area contributed by atoms with E-state index in [-0.39, 0.29) is 0 Å². The van der Waals surface area contributed by atoms with Crippen LogP contribution in [0.1, 0.15) is 47.1 Å². The van der Waals surface area contributed by atoms with Crippen molar-refractivity contribution in [2.75, 3.05) is 6.61 Å². The van der Waals surface area contributed by atoms with Gasteiger partial charge in [-0.3, -0.25) is 0 Å². The molecule has 0 heterocycles. The first kappa shape index (κ1) is 25.7. The number of aliphatic hydroxyl groups excluding tert-OH is 2. The third kappa shape index (κ3) is 9.47. The molecule has 1 aromatic carbocycles. The molecule has 8 nitrogen and oxygen atoms in total. The predicted molar refractivity (Wildman–Crippen MR) is 115 cm³/mol. The number of rotatable bonds is 5. The molecule has 2 amide bonds. The summed E-state index contributed by atoms with van der Waals surface area (Å²) < 4.78 is 10.5. The zero-order chi connectivity index (χ0) is 23.1. The average Bonchev–Trinajstić information content (AvgIpc) is 2.58. The number of halogens is 1. The molecule has 3 N–H and O–H groups in total. The van der Waals surface area contributed by atoms with Gasteiger partial charge in [0.25, 0.3) is 0 Å². The second-order valence-electron chi connectivity index (χ2n) is 8.62. The Bertz CT molecular complexity index is 737. The van der Waals surface area contributed by atoms with Gasteiger partial charge >= 0.3 is 12.2 Å². The van der Waals surface area contributed by atoms with Crippen LogP contribution in [0, 0.1) is 0 Å². The van der Waals surface area contributed by atoms with E-state index >= 15 is 0 Å². The van der Waals surface area contributed by atoms with Crippen LogP contribution in [0.5, 0.6) is 0 Å². The molecule has 0 aromatic heterocycles. The van der Waals surface area contributed by atoms with Gasteiger partial charge in [0, 0.05) is 5.02 Å². The number of aliphatic hydroxyl groups is 2. The Kier molecular flexibility index (Phi) is 9.14. The third-order valence-electron chi connectivity index (χ3n) is 3.47. The van der Waals surface area contributed by atoms with E-state index in [2.05, 4.69) is 5.43 Å². The number of hydrogen-bond acceptors (Lipinski definition) is 6. The molecular formula is C21H31ClN2O6. The summed E-state index contributed by atoms with van der Waals surface area (Å²) in [6.07, 6.45) is -0.219. The number of benzene rings is 1. The van der Waals surface area contributed by atoms with Crippen LogP contribution in [0.2, 0.25) is 5.02 Å². The largest absolute Gasteiger partial charge is 0.443 e. The summed E-state index contributed by atoms with van der Waals surface area (Å²) in [6, 6.07) is 5.63. The van der Waals surface area contributed by atoms with Crippen molar-refractivity contribution >= 4 is 29.9 Å². The Morgan fingerprint density at radius 1 is 1.10 bits per heavy atom. The lowest BCUT2D eigenvalue weighted by Crippen LogP contribution is -2.58. The monoisotopic (exact) mass is 442 g/mol. The van der Waals surface area contributed by atoms with Gasteiger partial charge in [0.1, 0.15) is 17.2 Å². The van der Waals surface area contributed by atoms with Crippen molar-refractivity contribution in [1.82, 2.24) is 10.4 Å². The van der Waals surface area contributed by atoms with Crippen LogP contribution < -0.4 is 5.43 Å².